The smallest absolute Gasteiger partial charge is 0.169 e. The molecular weight excluding hydrogens is 340 g/mol. The highest BCUT2D eigenvalue weighted by Gasteiger charge is 2.44. The summed E-state index contributed by atoms with van der Waals surface area (Å²) in [6.45, 7) is 1.68. The Hall–Kier alpha value is -2.40. The Morgan fingerprint density at radius 3 is 2.73 bits per heavy atom. The molecule has 26 heavy (non-hydrogen) atoms. The topological polar surface area (TPSA) is 131 Å². The van der Waals surface area contributed by atoms with Gasteiger partial charge in [0.1, 0.15) is 30.5 Å². The lowest BCUT2D eigenvalue weighted by atomic mass is 10.1. The average Bonchev–Trinajstić information content (AvgIpc) is 3.34. The van der Waals surface area contributed by atoms with Crippen LogP contribution in [0, 0.1) is 0 Å². The fourth-order valence-corrected chi connectivity index (χ4v) is 3.25. The van der Waals surface area contributed by atoms with Crippen LogP contribution in [0.3, 0.4) is 0 Å². The summed E-state index contributed by atoms with van der Waals surface area (Å²) in [4.78, 5) is 17.3. The summed E-state index contributed by atoms with van der Waals surface area (Å²) in [7, 11) is 0. The minimum atomic E-state index is -1.20. The third-order valence-corrected chi connectivity index (χ3v) is 4.55. The van der Waals surface area contributed by atoms with Crippen LogP contribution >= 0.6 is 0 Å². The first-order valence-electron chi connectivity index (χ1n) is 8.48. The number of aliphatic hydroxyl groups is 3. The van der Waals surface area contributed by atoms with E-state index in [9.17, 15) is 15.3 Å². The lowest BCUT2D eigenvalue weighted by molar-refractivity contribution is -0.0511. The standard InChI is InChI=1S/C16H20N6O4/c1-2-3-10-17-4-5-21(10)14-11-15(19-7-18-14)22(8-20-11)16-13(25)12(24)9(6-23)26-16/h4-5,7-9,12-13,16,23-25H,2-3,6H2,1H3/t9-,12+,13-,16-/m1/s1. The third-order valence-electron chi connectivity index (χ3n) is 4.55. The molecule has 3 N–H and O–H groups in total. The molecular formula is C16H20N6O4. The van der Waals surface area contributed by atoms with Crippen molar-refractivity contribution in [3.63, 3.8) is 0 Å². The summed E-state index contributed by atoms with van der Waals surface area (Å²) in [5.74, 6) is 1.46. The second-order valence-corrected chi connectivity index (χ2v) is 6.21. The molecule has 138 valence electrons. The normalized spacial score (nSPS) is 26.0. The van der Waals surface area contributed by atoms with Gasteiger partial charge in [0.25, 0.3) is 0 Å². The summed E-state index contributed by atoms with van der Waals surface area (Å²) in [6.07, 6.45) is 4.02. The molecule has 10 heteroatoms. The number of aliphatic hydroxyl groups excluding tert-OH is 3. The molecule has 0 unspecified atom stereocenters. The van der Waals surface area contributed by atoms with E-state index in [-0.39, 0.29) is 0 Å². The number of imidazole rings is 2. The lowest BCUT2D eigenvalue weighted by Gasteiger charge is -2.16. The molecule has 0 aliphatic carbocycles. The van der Waals surface area contributed by atoms with Crippen molar-refractivity contribution in [3.8, 4) is 5.82 Å². The quantitative estimate of drug-likeness (QED) is 0.559. The largest absolute Gasteiger partial charge is 0.394 e. The molecule has 1 aliphatic heterocycles. The van der Waals surface area contributed by atoms with Gasteiger partial charge in [-0.1, -0.05) is 6.92 Å². The van der Waals surface area contributed by atoms with Crippen molar-refractivity contribution in [2.75, 3.05) is 6.61 Å². The van der Waals surface area contributed by atoms with E-state index in [1.54, 1.807) is 10.8 Å². The Bertz CT molecular complexity index is 909. The van der Waals surface area contributed by atoms with Gasteiger partial charge >= 0.3 is 0 Å². The SMILES string of the molecule is CCCc1nccn1-c1ncnc2c1ncn2[C@@H]1O[C@H](CO)[C@H](O)[C@H]1O. The number of nitrogens with zero attached hydrogens (tertiary/aromatic N) is 6. The fourth-order valence-electron chi connectivity index (χ4n) is 3.25. The Labute approximate surface area is 148 Å². The van der Waals surface area contributed by atoms with E-state index in [0.717, 1.165) is 18.7 Å². The predicted molar refractivity (Wildman–Crippen MR) is 89.4 cm³/mol. The van der Waals surface area contributed by atoms with Crippen LogP contribution in [0.25, 0.3) is 17.0 Å². The number of aryl methyl sites for hydroxylation is 1. The van der Waals surface area contributed by atoms with Gasteiger partial charge in [-0.15, -0.1) is 0 Å². The fraction of sp³-hybridized carbons (Fsp3) is 0.500. The Morgan fingerprint density at radius 1 is 1.15 bits per heavy atom. The number of fused-ring (bicyclic) bond motifs is 1. The Balaban J connectivity index is 1.78. The monoisotopic (exact) mass is 360 g/mol. The highest BCUT2D eigenvalue weighted by Crippen LogP contribution is 2.32. The van der Waals surface area contributed by atoms with Crippen molar-refractivity contribution in [2.24, 2.45) is 0 Å². The van der Waals surface area contributed by atoms with Gasteiger partial charge in [-0.2, -0.15) is 0 Å². The first kappa shape index (κ1) is 17.0. The lowest BCUT2D eigenvalue weighted by Crippen LogP contribution is -2.33. The van der Waals surface area contributed by atoms with E-state index in [1.807, 2.05) is 10.8 Å². The summed E-state index contributed by atoms with van der Waals surface area (Å²) in [6, 6.07) is 0. The maximum atomic E-state index is 10.3. The molecule has 4 heterocycles. The number of aromatic nitrogens is 6. The zero-order valence-electron chi connectivity index (χ0n) is 14.2. The molecule has 0 bridgehead atoms. The van der Waals surface area contributed by atoms with Crippen LogP contribution in [-0.2, 0) is 11.2 Å². The van der Waals surface area contributed by atoms with Gasteiger partial charge in [-0.3, -0.25) is 9.13 Å². The zero-order valence-corrected chi connectivity index (χ0v) is 14.2. The van der Waals surface area contributed by atoms with E-state index >= 15 is 0 Å². The number of hydrogen-bond acceptors (Lipinski definition) is 8. The first-order valence-corrected chi connectivity index (χ1v) is 8.48. The van der Waals surface area contributed by atoms with Crippen LogP contribution in [0.2, 0.25) is 0 Å². The molecule has 3 aromatic rings. The van der Waals surface area contributed by atoms with Gasteiger partial charge in [-0.25, -0.2) is 19.9 Å². The highest BCUT2D eigenvalue weighted by molar-refractivity contribution is 5.78. The predicted octanol–water partition coefficient (Wildman–Crippen LogP) is -0.424. The van der Waals surface area contributed by atoms with Crippen molar-refractivity contribution >= 4 is 11.2 Å². The Morgan fingerprint density at radius 2 is 2.00 bits per heavy atom. The van der Waals surface area contributed by atoms with E-state index in [2.05, 4.69) is 26.9 Å². The number of hydrogen-bond donors (Lipinski definition) is 3. The summed E-state index contributed by atoms with van der Waals surface area (Å²) < 4.78 is 8.98. The van der Waals surface area contributed by atoms with Crippen molar-refractivity contribution in [1.29, 1.82) is 0 Å². The minimum absolute atomic E-state index is 0.392. The van der Waals surface area contributed by atoms with Gasteiger partial charge in [0, 0.05) is 18.8 Å². The van der Waals surface area contributed by atoms with E-state index in [1.165, 1.54) is 12.7 Å². The van der Waals surface area contributed by atoms with Gasteiger partial charge in [0.2, 0.25) is 0 Å². The van der Waals surface area contributed by atoms with E-state index < -0.39 is 31.1 Å². The molecule has 1 aliphatic rings. The maximum absolute atomic E-state index is 10.3. The van der Waals surface area contributed by atoms with Gasteiger partial charge in [0.05, 0.1) is 12.9 Å². The van der Waals surface area contributed by atoms with Crippen molar-refractivity contribution in [3.05, 3.63) is 30.9 Å². The van der Waals surface area contributed by atoms with Crippen LogP contribution in [0.5, 0.6) is 0 Å². The molecule has 0 radical (unpaired) electrons. The number of rotatable bonds is 5. The molecule has 4 rings (SSSR count). The van der Waals surface area contributed by atoms with Crippen molar-refractivity contribution in [2.45, 2.75) is 44.3 Å². The molecule has 4 atom stereocenters. The molecule has 3 aromatic heterocycles. The second-order valence-electron chi connectivity index (χ2n) is 6.21. The Kier molecular flexibility index (Phi) is 4.41. The van der Waals surface area contributed by atoms with Crippen LogP contribution in [0.15, 0.2) is 25.0 Å². The second kappa shape index (κ2) is 6.72. The van der Waals surface area contributed by atoms with Crippen LogP contribution in [-0.4, -0.2) is 69.3 Å². The summed E-state index contributed by atoms with van der Waals surface area (Å²) >= 11 is 0. The molecule has 1 saturated heterocycles. The van der Waals surface area contributed by atoms with Crippen molar-refractivity contribution < 1.29 is 20.1 Å². The van der Waals surface area contributed by atoms with Gasteiger partial charge < -0.3 is 20.1 Å². The van der Waals surface area contributed by atoms with Crippen LogP contribution in [0.1, 0.15) is 25.4 Å². The molecule has 10 nitrogen and oxygen atoms in total. The summed E-state index contributed by atoms with van der Waals surface area (Å²) in [5, 5.41) is 29.5. The summed E-state index contributed by atoms with van der Waals surface area (Å²) in [5.41, 5.74) is 0.988. The van der Waals surface area contributed by atoms with Gasteiger partial charge in [-0.05, 0) is 6.42 Å². The van der Waals surface area contributed by atoms with E-state index in [0.29, 0.717) is 17.0 Å². The van der Waals surface area contributed by atoms with Crippen LogP contribution < -0.4 is 0 Å². The first-order chi connectivity index (χ1) is 12.7. The highest BCUT2D eigenvalue weighted by atomic mass is 16.6. The third kappa shape index (κ3) is 2.58. The molecule has 0 spiro atoms. The minimum Gasteiger partial charge on any atom is -0.394 e. The molecule has 0 amide bonds. The molecule has 1 fully saturated rings. The van der Waals surface area contributed by atoms with Crippen molar-refractivity contribution in [1.82, 2.24) is 29.1 Å². The van der Waals surface area contributed by atoms with Crippen LogP contribution in [0.4, 0.5) is 0 Å². The molecule has 0 saturated carbocycles. The number of ether oxygens (including phenoxy) is 1. The average molecular weight is 360 g/mol. The van der Waals surface area contributed by atoms with Gasteiger partial charge in [0.15, 0.2) is 23.2 Å². The zero-order chi connectivity index (χ0) is 18.3. The molecule has 0 aromatic carbocycles. The maximum Gasteiger partial charge on any atom is 0.169 e. The van der Waals surface area contributed by atoms with E-state index in [4.69, 9.17) is 4.74 Å².